The predicted octanol–water partition coefficient (Wildman–Crippen LogP) is 2.20. The highest BCUT2D eigenvalue weighted by Crippen LogP contribution is 2.28. The predicted molar refractivity (Wildman–Crippen MR) is 60.8 cm³/mol. The third kappa shape index (κ3) is 2.19. The Morgan fingerprint density at radius 2 is 2.31 bits per heavy atom. The summed E-state index contributed by atoms with van der Waals surface area (Å²) >= 11 is 3.20. The van der Waals surface area contributed by atoms with Gasteiger partial charge in [-0.25, -0.2) is 4.39 Å². The molecule has 86 valence electrons. The Kier molecular flexibility index (Phi) is 3.14. The molecule has 0 bridgehead atoms. The first kappa shape index (κ1) is 11.4. The Bertz CT molecular complexity index is 424. The molecule has 0 saturated carbocycles. The number of rotatable bonds is 2. The molecule has 0 aromatic heterocycles. The van der Waals surface area contributed by atoms with Crippen molar-refractivity contribution in [2.45, 2.75) is 12.5 Å². The normalized spacial score (nSPS) is 20.3. The number of likely N-dealkylation sites (tertiary alicyclic amines) is 1. The summed E-state index contributed by atoms with van der Waals surface area (Å²) in [7, 11) is 1.74. The highest BCUT2D eigenvalue weighted by atomic mass is 79.9. The van der Waals surface area contributed by atoms with Gasteiger partial charge in [-0.05, 0) is 34.1 Å². The molecule has 1 amide bonds. The Morgan fingerprint density at radius 3 is 2.88 bits per heavy atom. The number of benzene rings is 1. The number of carbonyl (C=O) groups is 1. The minimum atomic E-state index is -0.452. The number of hydrogen-bond donors (Lipinski definition) is 0. The van der Waals surface area contributed by atoms with E-state index in [4.69, 9.17) is 4.74 Å². The van der Waals surface area contributed by atoms with Crippen molar-refractivity contribution in [3.63, 3.8) is 0 Å². The van der Waals surface area contributed by atoms with Gasteiger partial charge < -0.3 is 9.64 Å². The van der Waals surface area contributed by atoms with Crippen molar-refractivity contribution in [3.05, 3.63) is 28.5 Å². The zero-order valence-corrected chi connectivity index (χ0v) is 10.3. The van der Waals surface area contributed by atoms with Gasteiger partial charge in [0.25, 0.3) is 5.91 Å². The van der Waals surface area contributed by atoms with Crippen molar-refractivity contribution >= 4 is 21.8 Å². The van der Waals surface area contributed by atoms with Crippen LogP contribution in [0.15, 0.2) is 22.7 Å². The number of nitrogens with zero attached hydrogens (tertiary/aromatic N) is 1. The van der Waals surface area contributed by atoms with Crippen molar-refractivity contribution in [3.8, 4) is 5.75 Å². The average Bonchev–Trinajstić information content (AvgIpc) is 2.54. The van der Waals surface area contributed by atoms with Crippen LogP contribution < -0.4 is 4.74 Å². The average molecular weight is 288 g/mol. The second kappa shape index (κ2) is 4.41. The monoisotopic (exact) mass is 287 g/mol. The van der Waals surface area contributed by atoms with Gasteiger partial charge in [0.05, 0.1) is 4.47 Å². The topological polar surface area (TPSA) is 29.5 Å². The Morgan fingerprint density at radius 1 is 1.56 bits per heavy atom. The van der Waals surface area contributed by atoms with Crippen LogP contribution in [0.2, 0.25) is 0 Å². The lowest BCUT2D eigenvalue weighted by atomic mass is 10.3. The zero-order valence-electron chi connectivity index (χ0n) is 8.74. The molecule has 3 nitrogen and oxygen atoms in total. The molecule has 1 heterocycles. The molecule has 1 aliphatic heterocycles. The van der Waals surface area contributed by atoms with Gasteiger partial charge in [-0.2, -0.15) is 0 Å². The Balaban J connectivity index is 2.12. The number of ether oxygens (including phenoxy) is 1. The van der Waals surface area contributed by atoms with Crippen molar-refractivity contribution < 1.29 is 13.9 Å². The van der Waals surface area contributed by atoms with E-state index in [1.165, 1.54) is 18.2 Å². The molecular formula is C11H11BrFNO2. The van der Waals surface area contributed by atoms with E-state index in [2.05, 4.69) is 15.9 Å². The van der Waals surface area contributed by atoms with Crippen molar-refractivity contribution in [1.82, 2.24) is 4.90 Å². The summed E-state index contributed by atoms with van der Waals surface area (Å²) in [6, 6.07) is 4.15. The van der Waals surface area contributed by atoms with E-state index in [9.17, 15) is 9.18 Å². The summed E-state index contributed by atoms with van der Waals surface area (Å²) in [5.41, 5.74) is 0. The second-order valence-electron chi connectivity index (χ2n) is 3.73. The van der Waals surface area contributed by atoms with Crippen LogP contribution in [0.1, 0.15) is 6.42 Å². The summed E-state index contributed by atoms with van der Waals surface area (Å²) < 4.78 is 18.9. The fourth-order valence-electron chi connectivity index (χ4n) is 1.62. The molecule has 1 aromatic carbocycles. The molecule has 1 unspecified atom stereocenters. The fraction of sp³-hybridized carbons (Fsp3) is 0.364. The lowest BCUT2D eigenvalue weighted by Gasteiger charge is -2.14. The summed E-state index contributed by atoms with van der Waals surface area (Å²) in [6.07, 6.45) is 0.214. The van der Waals surface area contributed by atoms with Crippen molar-refractivity contribution in [2.24, 2.45) is 0 Å². The maximum Gasteiger partial charge on any atom is 0.263 e. The van der Waals surface area contributed by atoms with Gasteiger partial charge in [0.2, 0.25) is 0 Å². The van der Waals surface area contributed by atoms with Gasteiger partial charge in [0, 0.05) is 20.0 Å². The number of hydrogen-bond acceptors (Lipinski definition) is 2. The first-order valence-electron chi connectivity index (χ1n) is 4.94. The van der Waals surface area contributed by atoms with Crippen LogP contribution in [0.3, 0.4) is 0 Å². The maximum absolute atomic E-state index is 12.8. The van der Waals surface area contributed by atoms with Crippen LogP contribution in [0.25, 0.3) is 0 Å². The standard InChI is InChI=1S/C11H11BrFNO2/c1-14-5-4-10(11(14)15)16-9-3-2-7(13)6-8(9)12/h2-3,6,10H,4-5H2,1H3. The molecule has 5 heteroatoms. The molecule has 0 radical (unpaired) electrons. The van der Waals surface area contributed by atoms with Gasteiger partial charge in [-0.15, -0.1) is 0 Å². The summed E-state index contributed by atoms with van der Waals surface area (Å²) in [6.45, 7) is 0.697. The minimum absolute atomic E-state index is 0.0313. The lowest BCUT2D eigenvalue weighted by molar-refractivity contribution is -0.132. The fourth-order valence-corrected chi connectivity index (χ4v) is 2.07. The molecule has 1 aromatic rings. The number of halogens is 2. The second-order valence-corrected chi connectivity index (χ2v) is 4.58. The highest BCUT2D eigenvalue weighted by Gasteiger charge is 2.31. The third-order valence-electron chi connectivity index (χ3n) is 2.54. The van der Waals surface area contributed by atoms with Crippen LogP contribution in [0, 0.1) is 5.82 Å². The molecule has 1 aliphatic rings. The first-order chi connectivity index (χ1) is 7.58. The van der Waals surface area contributed by atoms with E-state index in [1.807, 2.05) is 0 Å². The van der Waals surface area contributed by atoms with Crippen molar-refractivity contribution in [1.29, 1.82) is 0 Å². The van der Waals surface area contributed by atoms with Crippen LogP contribution in [-0.4, -0.2) is 30.5 Å². The smallest absolute Gasteiger partial charge is 0.263 e. The summed E-state index contributed by atoms with van der Waals surface area (Å²) in [5, 5.41) is 0. The van der Waals surface area contributed by atoms with Gasteiger partial charge in [0.1, 0.15) is 11.6 Å². The number of amides is 1. The largest absolute Gasteiger partial charge is 0.479 e. The van der Waals surface area contributed by atoms with Gasteiger partial charge in [-0.3, -0.25) is 4.79 Å². The summed E-state index contributed by atoms with van der Waals surface area (Å²) in [5.74, 6) is 0.125. The number of carbonyl (C=O) groups excluding carboxylic acids is 1. The van der Waals surface area contributed by atoms with E-state index < -0.39 is 6.10 Å². The molecule has 16 heavy (non-hydrogen) atoms. The van der Waals surface area contributed by atoms with E-state index in [0.717, 1.165) is 0 Å². The van der Waals surface area contributed by atoms with E-state index in [-0.39, 0.29) is 11.7 Å². The lowest BCUT2D eigenvalue weighted by Crippen LogP contribution is -2.29. The quantitative estimate of drug-likeness (QED) is 0.835. The molecule has 0 N–H and O–H groups in total. The first-order valence-corrected chi connectivity index (χ1v) is 5.74. The van der Waals surface area contributed by atoms with Gasteiger partial charge in [-0.1, -0.05) is 0 Å². The molecule has 1 atom stereocenters. The molecule has 0 aliphatic carbocycles. The molecule has 1 fully saturated rings. The van der Waals surface area contributed by atoms with E-state index in [1.54, 1.807) is 11.9 Å². The van der Waals surface area contributed by atoms with Crippen LogP contribution >= 0.6 is 15.9 Å². The number of likely N-dealkylation sites (N-methyl/N-ethyl adjacent to an activating group) is 1. The Hall–Kier alpha value is -1.10. The summed E-state index contributed by atoms with van der Waals surface area (Å²) in [4.78, 5) is 13.2. The minimum Gasteiger partial charge on any atom is -0.479 e. The molecular weight excluding hydrogens is 277 g/mol. The van der Waals surface area contributed by atoms with Gasteiger partial charge >= 0.3 is 0 Å². The molecule has 0 spiro atoms. The van der Waals surface area contributed by atoms with E-state index >= 15 is 0 Å². The van der Waals surface area contributed by atoms with Crippen LogP contribution in [-0.2, 0) is 4.79 Å². The molecule has 2 rings (SSSR count). The molecule has 1 saturated heterocycles. The zero-order chi connectivity index (χ0) is 11.7. The highest BCUT2D eigenvalue weighted by molar-refractivity contribution is 9.10. The van der Waals surface area contributed by atoms with Crippen LogP contribution in [0.4, 0.5) is 4.39 Å². The maximum atomic E-state index is 12.8. The van der Waals surface area contributed by atoms with E-state index in [0.29, 0.717) is 23.2 Å². The SMILES string of the molecule is CN1CCC(Oc2ccc(F)cc2Br)C1=O. The van der Waals surface area contributed by atoms with Crippen molar-refractivity contribution in [2.75, 3.05) is 13.6 Å². The third-order valence-corrected chi connectivity index (χ3v) is 3.16. The Labute approximate surface area is 101 Å². The van der Waals surface area contributed by atoms with Crippen LogP contribution in [0.5, 0.6) is 5.75 Å². The van der Waals surface area contributed by atoms with Gasteiger partial charge in [0.15, 0.2) is 6.10 Å².